The molecule has 0 bridgehead atoms. The third kappa shape index (κ3) is 5.15. The Bertz CT molecular complexity index is 184. The van der Waals surface area contributed by atoms with Crippen molar-refractivity contribution in [2.75, 3.05) is 27.4 Å². The van der Waals surface area contributed by atoms with Crippen LogP contribution in [0.3, 0.4) is 0 Å². The molecule has 0 aliphatic rings. The van der Waals surface area contributed by atoms with E-state index < -0.39 is 12.1 Å². The van der Waals surface area contributed by atoms with Crippen LogP contribution in [0.1, 0.15) is 0 Å². The Morgan fingerprint density at radius 1 is 1.08 bits per heavy atom. The van der Waals surface area contributed by atoms with Gasteiger partial charge in [0.15, 0.2) is 0 Å². The largest absolute Gasteiger partial charge is 0.382 e. The first kappa shape index (κ1) is 11.9. The monoisotopic (exact) mass is 183 g/mol. The highest BCUT2D eigenvalue weighted by Gasteiger charge is 2.13. The third-order valence-electron chi connectivity index (χ3n) is 1.38. The van der Waals surface area contributed by atoms with Crippen LogP contribution in [-0.4, -0.2) is 39.5 Å². The summed E-state index contributed by atoms with van der Waals surface area (Å²) in [5.74, 6) is 0. The van der Waals surface area contributed by atoms with Crippen LogP contribution in [0, 0.1) is 22.7 Å². The minimum Gasteiger partial charge on any atom is -0.382 e. The van der Waals surface area contributed by atoms with Gasteiger partial charge in [0.05, 0.1) is 25.4 Å². The number of methoxy groups -OCH3 is 2. The van der Waals surface area contributed by atoms with Gasteiger partial charge in [-0.2, -0.15) is 10.5 Å². The van der Waals surface area contributed by atoms with Gasteiger partial charge in [-0.1, -0.05) is 0 Å². The molecule has 0 aliphatic heterocycles. The van der Waals surface area contributed by atoms with Gasteiger partial charge in [-0.3, -0.25) is 5.32 Å². The van der Waals surface area contributed by atoms with E-state index in [9.17, 15) is 0 Å². The van der Waals surface area contributed by atoms with Gasteiger partial charge >= 0.3 is 0 Å². The molecule has 0 saturated carbocycles. The van der Waals surface area contributed by atoms with Crippen molar-refractivity contribution in [1.29, 1.82) is 10.5 Å². The molecule has 0 aromatic rings. The summed E-state index contributed by atoms with van der Waals surface area (Å²) in [5, 5.41) is 20.0. The van der Waals surface area contributed by atoms with Crippen molar-refractivity contribution in [3.05, 3.63) is 0 Å². The first-order valence-corrected chi connectivity index (χ1v) is 3.81. The van der Waals surface area contributed by atoms with Gasteiger partial charge < -0.3 is 9.47 Å². The summed E-state index contributed by atoms with van der Waals surface area (Å²) in [4.78, 5) is 0. The van der Waals surface area contributed by atoms with Gasteiger partial charge in [-0.05, 0) is 0 Å². The first-order chi connectivity index (χ1) is 6.28. The quantitative estimate of drug-likeness (QED) is 0.609. The van der Waals surface area contributed by atoms with E-state index in [1.807, 2.05) is 12.1 Å². The second-order valence-electron chi connectivity index (χ2n) is 2.44. The lowest BCUT2D eigenvalue weighted by Crippen LogP contribution is -2.41. The Kier molecular flexibility index (Phi) is 6.85. The van der Waals surface area contributed by atoms with E-state index in [4.69, 9.17) is 20.0 Å². The fraction of sp³-hybridized carbons (Fsp3) is 0.750. The maximum absolute atomic E-state index is 8.63. The van der Waals surface area contributed by atoms with Crippen molar-refractivity contribution in [3.8, 4) is 12.1 Å². The molecule has 0 aliphatic carbocycles. The van der Waals surface area contributed by atoms with Crippen LogP contribution in [0.4, 0.5) is 0 Å². The lowest BCUT2D eigenvalue weighted by molar-refractivity contribution is 0.155. The molecule has 2 atom stereocenters. The second-order valence-corrected chi connectivity index (χ2v) is 2.44. The molecule has 0 amide bonds. The summed E-state index contributed by atoms with van der Waals surface area (Å²) in [6.07, 6.45) is 0. The first-order valence-electron chi connectivity index (χ1n) is 3.81. The highest BCUT2D eigenvalue weighted by molar-refractivity contribution is 4.98. The molecule has 5 nitrogen and oxygen atoms in total. The number of hydrogen-bond acceptors (Lipinski definition) is 5. The molecule has 72 valence electrons. The van der Waals surface area contributed by atoms with Crippen LogP contribution < -0.4 is 5.32 Å². The molecule has 0 heterocycles. The highest BCUT2D eigenvalue weighted by Crippen LogP contribution is 1.88. The summed E-state index contributed by atoms with van der Waals surface area (Å²) in [5.41, 5.74) is 0. The minimum absolute atomic E-state index is 0.262. The molecule has 0 aromatic carbocycles. The Morgan fingerprint density at radius 2 is 1.46 bits per heavy atom. The van der Waals surface area contributed by atoms with E-state index in [0.29, 0.717) is 0 Å². The fourth-order valence-corrected chi connectivity index (χ4v) is 0.821. The van der Waals surface area contributed by atoms with Crippen LogP contribution in [0.15, 0.2) is 0 Å². The maximum Gasteiger partial charge on any atom is 0.120 e. The van der Waals surface area contributed by atoms with Crippen molar-refractivity contribution in [2.24, 2.45) is 0 Å². The predicted octanol–water partition coefficient (Wildman–Crippen LogP) is -0.347. The zero-order valence-electron chi connectivity index (χ0n) is 7.78. The smallest absolute Gasteiger partial charge is 0.120 e. The second kappa shape index (κ2) is 7.51. The van der Waals surface area contributed by atoms with Crippen molar-refractivity contribution in [1.82, 2.24) is 5.32 Å². The maximum atomic E-state index is 8.63. The van der Waals surface area contributed by atoms with E-state index in [2.05, 4.69) is 5.32 Å². The summed E-state index contributed by atoms with van der Waals surface area (Å²) in [7, 11) is 3.01. The summed E-state index contributed by atoms with van der Waals surface area (Å²) >= 11 is 0. The third-order valence-corrected chi connectivity index (χ3v) is 1.38. The lowest BCUT2D eigenvalue weighted by Gasteiger charge is -2.14. The van der Waals surface area contributed by atoms with Gasteiger partial charge in [0, 0.05) is 14.2 Å². The Morgan fingerprint density at radius 3 is 1.69 bits per heavy atom. The fourth-order valence-electron chi connectivity index (χ4n) is 0.821. The predicted molar refractivity (Wildman–Crippen MR) is 45.7 cm³/mol. The molecule has 0 spiro atoms. The number of rotatable bonds is 6. The van der Waals surface area contributed by atoms with E-state index in [1.54, 1.807) is 0 Å². The van der Waals surface area contributed by atoms with E-state index >= 15 is 0 Å². The van der Waals surface area contributed by atoms with Crippen LogP contribution in [-0.2, 0) is 9.47 Å². The molecular weight excluding hydrogens is 170 g/mol. The highest BCUT2D eigenvalue weighted by atomic mass is 16.5. The van der Waals surface area contributed by atoms with Crippen molar-refractivity contribution in [3.63, 3.8) is 0 Å². The number of nitrogens with zero attached hydrogens (tertiary/aromatic N) is 2. The van der Waals surface area contributed by atoms with E-state index in [-0.39, 0.29) is 13.2 Å². The molecule has 1 N–H and O–H groups in total. The number of ether oxygens (including phenoxy) is 2. The van der Waals surface area contributed by atoms with Crippen LogP contribution in [0.25, 0.3) is 0 Å². The van der Waals surface area contributed by atoms with Gasteiger partial charge in [-0.15, -0.1) is 0 Å². The number of hydrogen-bond donors (Lipinski definition) is 1. The molecule has 0 fully saturated rings. The Balaban J connectivity index is 3.91. The van der Waals surface area contributed by atoms with Crippen LogP contribution in [0.5, 0.6) is 0 Å². The van der Waals surface area contributed by atoms with E-state index in [1.165, 1.54) is 14.2 Å². The SMILES string of the molecule is COCC(C#N)NC(C#N)COC. The zero-order valence-corrected chi connectivity index (χ0v) is 7.78. The van der Waals surface area contributed by atoms with Crippen molar-refractivity contribution < 1.29 is 9.47 Å². The minimum atomic E-state index is -0.468. The topological polar surface area (TPSA) is 78.1 Å². The molecule has 2 unspecified atom stereocenters. The summed E-state index contributed by atoms with van der Waals surface area (Å²) in [6, 6.07) is 3.03. The molecule has 13 heavy (non-hydrogen) atoms. The van der Waals surface area contributed by atoms with E-state index in [0.717, 1.165) is 0 Å². The standard InChI is InChI=1S/C8H13N3O2/c1-12-5-7(3-9)11-8(4-10)6-13-2/h7-8,11H,5-6H2,1-2H3. The molecule has 0 aromatic heterocycles. The van der Waals surface area contributed by atoms with Crippen LogP contribution in [0.2, 0.25) is 0 Å². The molecular formula is C8H13N3O2. The van der Waals surface area contributed by atoms with Crippen molar-refractivity contribution in [2.45, 2.75) is 12.1 Å². The Labute approximate surface area is 77.9 Å². The number of nitriles is 2. The number of nitrogens with one attached hydrogen (secondary N) is 1. The molecule has 0 saturated heterocycles. The van der Waals surface area contributed by atoms with Crippen LogP contribution >= 0.6 is 0 Å². The average molecular weight is 183 g/mol. The van der Waals surface area contributed by atoms with Crippen molar-refractivity contribution >= 4 is 0 Å². The molecule has 0 radical (unpaired) electrons. The van der Waals surface area contributed by atoms with Gasteiger partial charge in [0.1, 0.15) is 12.1 Å². The Hall–Kier alpha value is -1.14. The average Bonchev–Trinajstić information content (AvgIpc) is 2.16. The van der Waals surface area contributed by atoms with Gasteiger partial charge in [0.2, 0.25) is 0 Å². The van der Waals surface area contributed by atoms with Gasteiger partial charge in [0.25, 0.3) is 0 Å². The van der Waals surface area contributed by atoms with Gasteiger partial charge in [-0.25, -0.2) is 0 Å². The zero-order chi connectivity index (χ0) is 10.1. The normalized spacial score (nSPS) is 14.2. The lowest BCUT2D eigenvalue weighted by atomic mass is 10.2. The molecule has 5 heteroatoms. The molecule has 0 rings (SSSR count). The summed E-state index contributed by atoms with van der Waals surface area (Å²) < 4.78 is 9.57. The summed E-state index contributed by atoms with van der Waals surface area (Å²) in [6.45, 7) is 0.525.